The molecule has 0 radical (unpaired) electrons. The topological polar surface area (TPSA) is 52.3 Å². The van der Waals surface area contributed by atoms with Crippen LogP contribution in [0.4, 0.5) is 10.1 Å². The molecule has 0 bridgehead atoms. The van der Waals surface area contributed by atoms with Gasteiger partial charge in [0.25, 0.3) is 0 Å². The van der Waals surface area contributed by atoms with Gasteiger partial charge in [-0.05, 0) is 29.8 Å². The Labute approximate surface area is 81.0 Å². The number of rotatable bonds is 2. The first kappa shape index (κ1) is 10.2. The minimum atomic E-state index is -0.493. The third-order valence-electron chi connectivity index (χ3n) is 1.56. The van der Waals surface area contributed by atoms with Gasteiger partial charge in [-0.2, -0.15) is 0 Å². The molecule has 0 spiro atoms. The first-order valence-corrected chi connectivity index (χ1v) is 3.94. The molecule has 0 aliphatic carbocycles. The smallest absolute Gasteiger partial charge is 0.330 e. The van der Waals surface area contributed by atoms with E-state index >= 15 is 0 Å². The quantitative estimate of drug-likeness (QED) is 0.443. The van der Waals surface area contributed by atoms with Gasteiger partial charge in [-0.3, -0.25) is 0 Å². The Morgan fingerprint density at radius 3 is 2.79 bits per heavy atom. The van der Waals surface area contributed by atoms with E-state index in [4.69, 9.17) is 5.73 Å². The molecule has 0 heterocycles. The van der Waals surface area contributed by atoms with Gasteiger partial charge < -0.3 is 10.5 Å². The van der Waals surface area contributed by atoms with Gasteiger partial charge in [-0.15, -0.1) is 0 Å². The zero-order valence-electron chi connectivity index (χ0n) is 7.66. The highest BCUT2D eigenvalue weighted by Gasteiger charge is 1.96. The van der Waals surface area contributed by atoms with E-state index in [1.54, 1.807) is 6.07 Å². The molecule has 0 aliphatic rings. The SMILES string of the molecule is COC(=O)C=Cc1cc(N)cc(F)c1. The van der Waals surface area contributed by atoms with E-state index in [1.165, 1.54) is 31.4 Å². The van der Waals surface area contributed by atoms with Crippen LogP contribution in [-0.4, -0.2) is 13.1 Å². The molecule has 4 heteroatoms. The second-order valence-corrected chi connectivity index (χ2v) is 2.67. The van der Waals surface area contributed by atoms with Crippen molar-refractivity contribution in [3.05, 3.63) is 35.7 Å². The van der Waals surface area contributed by atoms with Gasteiger partial charge >= 0.3 is 5.97 Å². The van der Waals surface area contributed by atoms with E-state index in [0.29, 0.717) is 11.3 Å². The number of esters is 1. The number of carbonyl (C=O) groups excluding carboxylic acids is 1. The van der Waals surface area contributed by atoms with E-state index in [0.717, 1.165) is 0 Å². The molecule has 3 nitrogen and oxygen atoms in total. The maximum atomic E-state index is 12.8. The van der Waals surface area contributed by atoms with E-state index in [-0.39, 0.29) is 0 Å². The van der Waals surface area contributed by atoms with Crippen LogP contribution in [0.15, 0.2) is 24.3 Å². The third kappa shape index (κ3) is 2.90. The summed E-state index contributed by atoms with van der Waals surface area (Å²) in [6, 6.07) is 4.04. The first-order valence-electron chi connectivity index (χ1n) is 3.94. The van der Waals surface area contributed by atoms with Gasteiger partial charge in [0, 0.05) is 11.8 Å². The number of hydrogen-bond acceptors (Lipinski definition) is 3. The third-order valence-corrected chi connectivity index (χ3v) is 1.56. The molecule has 0 atom stereocenters. The van der Waals surface area contributed by atoms with Crippen molar-refractivity contribution in [1.29, 1.82) is 0 Å². The van der Waals surface area contributed by atoms with E-state index in [9.17, 15) is 9.18 Å². The molecule has 0 fully saturated rings. The van der Waals surface area contributed by atoms with Crippen molar-refractivity contribution < 1.29 is 13.9 Å². The highest BCUT2D eigenvalue weighted by molar-refractivity contribution is 5.87. The fourth-order valence-electron chi connectivity index (χ4n) is 0.964. The van der Waals surface area contributed by atoms with Gasteiger partial charge in [0.2, 0.25) is 0 Å². The molecule has 2 N–H and O–H groups in total. The normalized spacial score (nSPS) is 10.4. The maximum absolute atomic E-state index is 12.8. The summed E-state index contributed by atoms with van der Waals surface area (Å²) in [6.07, 6.45) is 2.64. The predicted molar refractivity (Wildman–Crippen MR) is 51.9 cm³/mol. The molecule has 1 aromatic carbocycles. The van der Waals surface area contributed by atoms with Gasteiger partial charge in [-0.25, -0.2) is 9.18 Å². The molecular weight excluding hydrogens is 185 g/mol. The van der Waals surface area contributed by atoms with Crippen LogP contribution < -0.4 is 5.73 Å². The summed E-state index contributed by atoms with van der Waals surface area (Å²) in [4.78, 5) is 10.7. The van der Waals surface area contributed by atoms with Crippen molar-refractivity contribution in [2.24, 2.45) is 0 Å². The fraction of sp³-hybridized carbons (Fsp3) is 0.100. The van der Waals surface area contributed by atoms with Crippen molar-refractivity contribution in [2.75, 3.05) is 12.8 Å². The molecule has 74 valence electrons. The molecular formula is C10H10FNO2. The number of nitrogen functional groups attached to an aromatic ring is 1. The van der Waals surface area contributed by atoms with E-state index in [2.05, 4.69) is 4.74 Å². The first-order chi connectivity index (χ1) is 6.61. The average Bonchev–Trinajstić information content (AvgIpc) is 2.12. The lowest BCUT2D eigenvalue weighted by molar-refractivity contribution is -0.134. The molecule has 0 saturated heterocycles. The van der Waals surface area contributed by atoms with Crippen molar-refractivity contribution in [1.82, 2.24) is 0 Å². The lowest BCUT2D eigenvalue weighted by Crippen LogP contribution is -1.93. The summed E-state index contributed by atoms with van der Waals surface area (Å²) < 4.78 is 17.2. The maximum Gasteiger partial charge on any atom is 0.330 e. The number of ether oxygens (including phenoxy) is 1. The Balaban J connectivity index is 2.86. The molecule has 0 saturated carbocycles. The van der Waals surface area contributed by atoms with Crippen LogP contribution in [0.25, 0.3) is 6.08 Å². The second kappa shape index (κ2) is 4.41. The zero-order valence-corrected chi connectivity index (χ0v) is 7.66. The summed E-state index contributed by atoms with van der Waals surface area (Å²) in [7, 11) is 1.27. The highest BCUT2D eigenvalue weighted by atomic mass is 19.1. The average molecular weight is 195 g/mol. The van der Waals surface area contributed by atoms with Crippen LogP contribution >= 0.6 is 0 Å². The monoisotopic (exact) mass is 195 g/mol. The Morgan fingerprint density at radius 1 is 1.50 bits per heavy atom. The number of carbonyl (C=O) groups is 1. The lowest BCUT2D eigenvalue weighted by atomic mass is 10.2. The van der Waals surface area contributed by atoms with Crippen molar-refractivity contribution in [2.45, 2.75) is 0 Å². The van der Waals surface area contributed by atoms with Crippen LogP contribution in [0.1, 0.15) is 5.56 Å². The number of anilines is 1. The molecule has 0 aliphatic heterocycles. The molecule has 0 amide bonds. The summed E-state index contributed by atoms with van der Waals surface area (Å²) in [6.45, 7) is 0. The Bertz CT molecular complexity index is 354. The van der Waals surface area contributed by atoms with Crippen LogP contribution in [0.5, 0.6) is 0 Å². The zero-order chi connectivity index (χ0) is 10.6. The van der Waals surface area contributed by atoms with Crippen molar-refractivity contribution in [3.63, 3.8) is 0 Å². The predicted octanol–water partition coefficient (Wildman–Crippen LogP) is 1.59. The fourth-order valence-corrected chi connectivity index (χ4v) is 0.964. The van der Waals surface area contributed by atoms with Gasteiger partial charge in [0.05, 0.1) is 7.11 Å². The number of benzene rings is 1. The molecule has 1 rings (SSSR count). The van der Waals surface area contributed by atoms with Crippen LogP contribution in [0.2, 0.25) is 0 Å². The Morgan fingerprint density at radius 2 is 2.21 bits per heavy atom. The minimum absolute atomic E-state index is 0.314. The van der Waals surface area contributed by atoms with Crippen LogP contribution in [0.3, 0.4) is 0 Å². The summed E-state index contributed by atoms with van der Waals surface area (Å²) in [5.41, 5.74) is 6.24. The number of halogens is 1. The largest absolute Gasteiger partial charge is 0.466 e. The molecule has 0 unspecified atom stereocenters. The lowest BCUT2D eigenvalue weighted by Gasteiger charge is -1.97. The number of nitrogens with two attached hydrogens (primary N) is 1. The minimum Gasteiger partial charge on any atom is -0.466 e. The molecule has 14 heavy (non-hydrogen) atoms. The highest BCUT2D eigenvalue weighted by Crippen LogP contribution is 2.11. The summed E-state index contributed by atoms with van der Waals surface area (Å²) in [5.74, 6) is -0.928. The number of methoxy groups -OCH3 is 1. The molecule has 0 aromatic heterocycles. The standard InChI is InChI=1S/C10H10FNO2/c1-14-10(13)3-2-7-4-8(11)6-9(12)5-7/h2-6H,12H2,1H3. The molecule has 1 aromatic rings. The van der Waals surface area contributed by atoms with E-state index in [1.807, 2.05) is 0 Å². The number of hydrogen-bond donors (Lipinski definition) is 1. The Kier molecular flexibility index (Phi) is 3.23. The van der Waals surface area contributed by atoms with Gasteiger partial charge in [0.15, 0.2) is 0 Å². The van der Waals surface area contributed by atoms with Crippen LogP contribution in [-0.2, 0) is 9.53 Å². The Hall–Kier alpha value is -1.84. The summed E-state index contributed by atoms with van der Waals surface area (Å²) in [5, 5.41) is 0. The van der Waals surface area contributed by atoms with Crippen LogP contribution in [0, 0.1) is 5.82 Å². The van der Waals surface area contributed by atoms with Gasteiger partial charge in [-0.1, -0.05) is 0 Å². The van der Waals surface area contributed by atoms with Crippen molar-refractivity contribution in [3.8, 4) is 0 Å². The van der Waals surface area contributed by atoms with Gasteiger partial charge in [0.1, 0.15) is 5.82 Å². The van der Waals surface area contributed by atoms with Crippen molar-refractivity contribution >= 4 is 17.7 Å². The second-order valence-electron chi connectivity index (χ2n) is 2.67. The summed E-state index contributed by atoms with van der Waals surface area (Å²) >= 11 is 0. The van der Waals surface area contributed by atoms with E-state index < -0.39 is 11.8 Å².